The minimum Gasteiger partial charge on any atom is -0.371 e. The van der Waals surface area contributed by atoms with Gasteiger partial charge in [0, 0.05) is 29.1 Å². The summed E-state index contributed by atoms with van der Waals surface area (Å²) in [5, 5.41) is 0. The molecule has 1 aromatic rings. The third-order valence-corrected chi connectivity index (χ3v) is 4.26. The van der Waals surface area contributed by atoms with Crippen LogP contribution in [0.1, 0.15) is 25.3 Å². The predicted molar refractivity (Wildman–Crippen MR) is 74.3 cm³/mol. The highest BCUT2D eigenvalue weighted by Gasteiger charge is 2.31. The maximum atomic E-state index is 6.00. The van der Waals surface area contributed by atoms with Gasteiger partial charge in [-0.1, -0.05) is 15.9 Å². The van der Waals surface area contributed by atoms with Crippen LogP contribution in [-0.2, 0) is 5.88 Å². The Morgan fingerprint density at radius 2 is 2.19 bits per heavy atom. The van der Waals surface area contributed by atoms with E-state index in [2.05, 4.69) is 53.0 Å². The van der Waals surface area contributed by atoms with Crippen molar-refractivity contribution in [1.29, 1.82) is 0 Å². The van der Waals surface area contributed by atoms with Crippen LogP contribution in [0.25, 0.3) is 0 Å². The zero-order valence-electron chi connectivity index (χ0n) is 9.71. The minimum absolute atomic E-state index is 0.566. The standard InChI is InChI=1S/C13H17BrClN/c1-9(10-3-4-10)16(2)13-6-5-12(14)7-11(13)8-15/h5-7,9-10H,3-4,8H2,1-2H3. The van der Waals surface area contributed by atoms with Crippen LogP contribution in [0, 0.1) is 5.92 Å². The van der Waals surface area contributed by atoms with Crippen LogP contribution in [0.5, 0.6) is 0 Å². The molecule has 0 aromatic heterocycles. The van der Waals surface area contributed by atoms with Crippen molar-refractivity contribution in [3.63, 3.8) is 0 Å². The molecule has 1 nitrogen and oxygen atoms in total. The molecule has 0 aliphatic heterocycles. The van der Waals surface area contributed by atoms with Crippen molar-refractivity contribution in [2.24, 2.45) is 5.92 Å². The van der Waals surface area contributed by atoms with E-state index in [-0.39, 0.29) is 0 Å². The lowest BCUT2D eigenvalue weighted by atomic mass is 10.1. The van der Waals surface area contributed by atoms with Gasteiger partial charge >= 0.3 is 0 Å². The van der Waals surface area contributed by atoms with Crippen LogP contribution in [0.15, 0.2) is 22.7 Å². The SMILES string of the molecule is CC(C1CC1)N(C)c1ccc(Br)cc1CCl. The molecular formula is C13H17BrClN. The summed E-state index contributed by atoms with van der Waals surface area (Å²) in [6.07, 6.45) is 2.75. The van der Waals surface area contributed by atoms with E-state index in [9.17, 15) is 0 Å². The largest absolute Gasteiger partial charge is 0.371 e. The summed E-state index contributed by atoms with van der Waals surface area (Å²) < 4.78 is 1.10. The molecule has 1 unspecified atom stereocenters. The van der Waals surface area contributed by atoms with Gasteiger partial charge in [0.1, 0.15) is 0 Å². The first-order valence-electron chi connectivity index (χ1n) is 5.70. The lowest BCUT2D eigenvalue weighted by Gasteiger charge is -2.29. The lowest BCUT2D eigenvalue weighted by molar-refractivity contribution is 0.608. The number of rotatable bonds is 4. The third-order valence-electron chi connectivity index (χ3n) is 3.48. The fourth-order valence-corrected chi connectivity index (χ4v) is 2.74. The number of hydrogen-bond donors (Lipinski definition) is 0. The van der Waals surface area contributed by atoms with E-state index in [1.54, 1.807) is 0 Å². The van der Waals surface area contributed by atoms with Crippen molar-refractivity contribution < 1.29 is 0 Å². The highest BCUT2D eigenvalue weighted by Crippen LogP contribution is 2.37. The van der Waals surface area contributed by atoms with E-state index >= 15 is 0 Å². The number of nitrogens with zero attached hydrogens (tertiary/aromatic N) is 1. The Labute approximate surface area is 111 Å². The fourth-order valence-electron chi connectivity index (χ4n) is 2.12. The molecule has 0 spiro atoms. The second kappa shape index (κ2) is 4.97. The average molecular weight is 303 g/mol. The van der Waals surface area contributed by atoms with Gasteiger partial charge in [0.15, 0.2) is 0 Å². The molecule has 0 heterocycles. The summed E-state index contributed by atoms with van der Waals surface area (Å²) in [5.41, 5.74) is 2.46. The fraction of sp³-hybridized carbons (Fsp3) is 0.538. The molecule has 0 saturated heterocycles. The van der Waals surface area contributed by atoms with Gasteiger partial charge in [-0.15, -0.1) is 11.6 Å². The molecule has 1 aliphatic carbocycles. The van der Waals surface area contributed by atoms with Crippen molar-refractivity contribution in [2.45, 2.75) is 31.7 Å². The normalized spacial score (nSPS) is 17.2. The van der Waals surface area contributed by atoms with Gasteiger partial charge in [-0.3, -0.25) is 0 Å². The van der Waals surface area contributed by atoms with Crippen LogP contribution in [0.2, 0.25) is 0 Å². The molecule has 2 rings (SSSR count). The molecule has 1 atom stereocenters. The monoisotopic (exact) mass is 301 g/mol. The molecule has 1 aliphatic rings. The number of hydrogen-bond acceptors (Lipinski definition) is 1. The highest BCUT2D eigenvalue weighted by atomic mass is 79.9. The molecule has 0 amide bonds. The van der Waals surface area contributed by atoms with Gasteiger partial charge in [0.2, 0.25) is 0 Å². The maximum Gasteiger partial charge on any atom is 0.0494 e. The van der Waals surface area contributed by atoms with E-state index in [4.69, 9.17) is 11.6 Å². The summed E-state index contributed by atoms with van der Waals surface area (Å²) in [5.74, 6) is 1.44. The van der Waals surface area contributed by atoms with Gasteiger partial charge in [-0.05, 0) is 49.4 Å². The van der Waals surface area contributed by atoms with E-state index in [0.717, 1.165) is 10.4 Å². The number of halogens is 2. The van der Waals surface area contributed by atoms with Crippen LogP contribution in [0.3, 0.4) is 0 Å². The van der Waals surface area contributed by atoms with E-state index in [0.29, 0.717) is 11.9 Å². The number of alkyl halides is 1. The second-order valence-corrected chi connectivity index (χ2v) is 5.78. The minimum atomic E-state index is 0.566. The van der Waals surface area contributed by atoms with Crippen molar-refractivity contribution in [3.8, 4) is 0 Å². The van der Waals surface area contributed by atoms with Crippen LogP contribution in [0.4, 0.5) is 5.69 Å². The number of anilines is 1. The molecule has 16 heavy (non-hydrogen) atoms. The second-order valence-electron chi connectivity index (χ2n) is 4.60. The Kier molecular flexibility index (Phi) is 3.81. The summed E-state index contributed by atoms with van der Waals surface area (Å²) in [6, 6.07) is 6.96. The van der Waals surface area contributed by atoms with Gasteiger partial charge in [-0.2, -0.15) is 0 Å². The Morgan fingerprint density at radius 1 is 1.50 bits per heavy atom. The predicted octanol–water partition coefficient (Wildman–Crippen LogP) is 4.42. The summed E-state index contributed by atoms with van der Waals surface area (Å²) in [6.45, 7) is 2.30. The van der Waals surface area contributed by atoms with Crippen molar-refractivity contribution >= 4 is 33.2 Å². The Bertz CT molecular complexity index is 376. The summed E-state index contributed by atoms with van der Waals surface area (Å²) in [7, 11) is 2.17. The van der Waals surface area contributed by atoms with Crippen molar-refractivity contribution in [2.75, 3.05) is 11.9 Å². The number of benzene rings is 1. The Balaban J connectivity index is 2.23. The van der Waals surface area contributed by atoms with Crippen molar-refractivity contribution in [3.05, 3.63) is 28.2 Å². The van der Waals surface area contributed by atoms with Crippen LogP contribution >= 0.6 is 27.5 Å². The molecule has 1 aromatic carbocycles. The maximum absolute atomic E-state index is 6.00. The molecule has 0 radical (unpaired) electrons. The van der Waals surface area contributed by atoms with Crippen molar-refractivity contribution in [1.82, 2.24) is 0 Å². The summed E-state index contributed by atoms with van der Waals surface area (Å²) in [4.78, 5) is 2.36. The molecule has 3 heteroatoms. The zero-order valence-corrected chi connectivity index (χ0v) is 12.1. The topological polar surface area (TPSA) is 3.24 Å². The first kappa shape index (κ1) is 12.3. The van der Waals surface area contributed by atoms with Gasteiger partial charge < -0.3 is 4.90 Å². The van der Waals surface area contributed by atoms with Crippen LogP contribution < -0.4 is 4.90 Å². The van der Waals surface area contributed by atoms with E-state index in [1.165, 1.54) is 24.1 Å². The smallest absolute Gasteiger partial charge is 0.0494 e. The van der Waals surface area contributed by atoms with Gasteiger partial charge in [0.05, 0.1) is 0 Å². The average Bonchev–Trinajstić information content (AvgIpc) is 3.10. The lowest BCUT2D eigenvalue weighted by Crippen LogP contribution is -2.31. The molecule has 88 valence electrons. The van der Waals surface area contributed by atoms with Gasteiger partial charge in [-0.25, -0.2) is 0 Å². The molecule has 1 fully saturated rings. The van der Waals surface area contributed by atoms with E-state index in [1.807, 2.05) is 0 Å². The molecule has 0 N–H and O–H groups in total. The third kappa shape index (κ3) is 2.54. The zero-order chi connectivity index (χ0) is 11.7. The molecule has 0 bridgehead atoms. The first-order valence-corrected chi connectivity index (χ1v) is 7.03. The highest BCUT2D eigenvalue weighted by molar-refractivity contribution is 9.10. The van der Waals surface area contributed by atoms with Crippen LogP contribution in [-0.4, -0.2) is 13.1 Å². The Hall–Kier alpha value is -0.210. The molecular weight excluding hydrogens is 286 g/mol. The van der Waals surface area contributed by atoms with Gasteiger partial charge in [0.25, 0.3) is 0 Å². The quantitative estimate of drug-likeness (QED) is 0.744. The van der Waals surface area contributed by atoms with E-state index < -0.39 is 0 Å². The summed E-state index contributed by atoms with van der Waals surface area (Å²) >= 11 is 9.49. The Morgan fingerprint density at radius 3 is 2.75 bits per heavy atom. The molecule has 1 saturated carbocycles. The first-order chi connectivity index (χ1) is 7.63.